The highest BCUT2D eigenvalue weighted by Gasteiger charge is 2.65. The second-order valence-corrected chi connectivity index (χ2v) is 22.9. The second-order valence-electron chi connectivity index (χ2n) is 22.9. The Bertz CT molecular complexity index is 2950. The first-order chi connectivity index (χ1) is 39.3. The van der Waals surface area contributed by atoms with Gasteiger partial charge in [0.15, 0.2) is 0 Å². The van der Waals surface area contributed by atoms with Crippen LogP contribution in [0.25, 0.3) is 5.43 Å². The van der Waals surface area contributed by atoms with Gasteiger partial charge in [0, 0.05) is 30.9 Å². The van der Waals surface area contributed by atoms with Crippen LogP contribution in [0.4, 0.5) is 0 Å². The molecule has 10 rings (SSSR count). The average Bonchev–Trinajstić information content (AvgIpc) is 3.90. The van der Waals surface area contributed by atoms with E-state index in [9.17, 15) is 28.8 Å². The van der Waals surface area contributed by atoms with Gasteiger partial charge in [-0.25, -0.2) is 0 Å². The molecular formula is C59H80N16O6. The number of unbranched alkanes of at least 4 members (excludes halogenated alkanes) is 2. The number of nitrogens with one attached hydrogen (secondary N) is 7. The third-order valence-corrected chi connectivity index (χ3v) is 17.6. The smallest absolute Gasteiger partial charge is 0.271 e. The van der Waals surface area contributed by atoms with Gasteiger partial charge in [-0.05, 0) is 141 Å². The Labute approximate surface area is 474 Å². The molecule has 7 N–H and O–H groups in total. The predicted octanol–water partition coefficient (Wildman–Crippen LogP) is 2.94. The maximum absolute atomic E-state index is 14.3. The SMILES string of the molecule is CN[C@@H](C)C(=O)NC1=CCC[C@H]2CC23CC[C@@H](C(=O)N[C@H](C2=C[NH+](CCCCn4cc(CCCCn5cc([C@@H](NC(=O)[C@@H]6CC[C@@H]7CCCC[C@H](NC(=O)[C@H](C)NC)C(=O)N76)c6ccccc6)nn5)nn4)[N-]2)c2ccccc2)N3C1=O. The van der Waals surface area contributed by atoms with Crippen molar-refractivity contribution in [3.8, 4) is 0 Å². The van der Waals surface area contributed by atoms with Crippen LogP contribution < -0.4 is 36.9 Å². The summed E-state index contributed by atoms with van der Waals surface area (Å²) in [4.78, 5) is 86.2. The maximum atomic E-state index is 14.3. The number of hydrogen-bond donors (Lipinski definition) is 7. The zero-order chi connectivity index (χ0) is 56.6. The molecule has 2 aromatic carbocycles. The molecule has 4 fully saturated rings. The summed E-state index contributed by atoms with van der Waals surface area (Å²) in [6, 6.07) is 15.5. The lowest BCUT2D eigenvalue weighted by Gasteiger charge is -2.44. The summed E-state index contributed by atoms with van der Waals surface area (Å²) in [6.45, 7) is 5.63. The van der Waals surface area contributed by atoms with E-state index in [1.54, 1.807) is 42.4 Å². The van der Waals surface area contributed by atoms with Crippen molar-refractivity contribution >= 4 is 35.4 Å². The minimum Gasteiger partial charge on any atom is -0.481 e. The Kier molecular flexibility index (Phi) is 18.0. The molecular weight excluding hydrogens is 1030 g/mol. The number of hydrogen-bond acceptors (Lipinski definition) is 12. The Balaban J connectivity index is 0.678. The number of benzene rings is 2. The van der Waals surface area contributed by atoms with E-state index in [0.717, 1.165) is 118 Å². The fourth-order valence-corrected chi connectivity index (χ4v) is 12.7. The molecule has 81 heavy (non-hydrogen) atoms. The maximum Gasteiger partial charge on any atom is 0.271 e. The summed E-state index contributed by atoms with van der Waals surface area (Å²) >= 11 is 0. The Morgan fingerprint density at radius 3 is 2.14 bits per heavy atom. The van der Waals surface area contributed by atoms with Crippen LogP contribution in [0.2, 0.25) is 0 Å². The van der Waals surface area contributed by atoms with Crippen LogP contribution in [0.15, 0.2) is 96.7 Å². The van der Waals surface area contributed by atoms with Crippen LogP contribution in [-0.2, 0) is 48.3 Å². The van der Waals surface area contributed by atoms with Crippen molar-refractivity contribution in [2.75, 3.05) is 20.6 Å². The molecule has 22 nitrogen and oxygen atoms in total. The first-order valence-electron chi connectivity index (χ1n) is 29.4. The van der Waals surface area contributed by atoms with E-state index in [0.29, 0.717) is 43.8 Å². The molecule has 2 unspecified atom stereocenters. The van der Waals surface area contributed by atoms with Crippen molar-refractivity contribution in [1.82, 2.24) is 71.7 Å². The Morgan fingerprint density at radius 1 is 0.741 bits per heavy atom. The van der Waals surface area contributed by atoms with Crippen LogP contribution in [0.3, 0.4) is 0 Å². The number of nitrogens with zero attached hydrogens (tertiary/aromatic N) is 9. The van der Waals surface area contributed by atoms with Crippen LogP contribution in [0, 0.1) is 5.92 Å². The molecule has 2 aromatic heterocycles. The molecule has 5 aliphatic heterocycles. The summed E-state index contributed by atoms with van der Waals surface area (Å²) in [5.41, 5.74) is 8.90. The predicted molar refractivity (Wildman–Crippen MR) is 301 cm³/mol. The monoisotopic (exact) mass is 1110 g/mol. The lowest BCUT2D eigenvalue weighted by atomic mass is 9.98. The van der Waals surface area contributed by atoms with Gasteiger partial charge in [-0.2, -0.15) is 0 Å². The number of likely N-dealkylation sites (N-methyl/N-ethyl adjacent to an activating group) is 2. The zero-order valence-corrected chi connectivity index (χ0v) is 47.2. The molecule has 0 bridgehead atoms. The van der Waals surface area contributed by atoms with E-state index in [1.165, 1.54) is 0 Å². The van der Waals surface area contributed by atoms with Crippen LogP contribution in [0.1, 0.15) is 145 Å². The van der Waals surface area contributed by atoms with E-state index in [2.05, 4.69) is 58.7 Å². The average molecular weight is 1110 g/mol. The molecule has 0 radical (unpaired) electrons. The second kappa shape index (κ2) is 25.7. The molecule has 6 aliphatic rings. The van der Waals surface area contributed by atoms with Crippen molar-refractivity contribution in [1.29, 1.82) is 0 Å². The molecule has 432 valence electrons. The number of rotatable bonds is 24. The van der Waals surface area contributed by atoms with E-state index in [1.807, 2.05) is 83.8 Å². The van der Waals surface area contributed by atoms with Gasteiger partial charge in [-0.1, -0.05) is 90.0 Å². The summed E-state index contributed by atoms with van der Waals surface area (Å²) in [5.74, 6) is -1.12. The number of carbonyl (C=O) groups is 6. The van der Waals surface area contributed by atoms with E-state index in [4.69, 9.17) is 5.43 Å². The van der Waals surface area contributed by atoms with Gasteiger partial charge in [0.2, 0.25) is 29.5 Å². The Hall–Kier alpha value is -7.30. The largest absolute Gasteiger partial charge is 0.481 e. The van der Waals surface area contributed by atoms with E-state index >= 15 is 0 Å². The topological polar surface area (TPSA) is 261 Å². The summed E-state index contributed by atoms with van der Waals surface area (Å²) < 4.78 is 3.70. The third kappa shape index (κ3) is 12.9. The quantitative estimate of drug-likeness (QED) is 0.0500. The highest BCUT2D eigenvalue weighted by molar-refractivity contribution is 6.02. The number of aromatic nitrogens is 6. The van der Waals surface area contributed by atoms with Gasteiger partial charge in [-0.15, -0.1) is 10.2 Å². The molecule has 3 saturated heterocycles. The van der Waals surface area contributed by atoms with Crippen molar-refractivity contribution in [2.24, 2.45) is 5.92 Å². The number of aryl methyl sites for hydroxylation is 3. The van der Waals surface area contributed by atoms with Crippen molar-refractivity contribution in [3.05, 3.63) is 125 Å². The molecule has 4 aromatic rings. The molecule has 6 amide bonds. The lowest BCUT2D eigenvalue weighted by Crippen LogP contribution is -3.07. The zero-order valence-electron chi connectivity index (χ0n) is 47.2. The van der Waals surface area contributed by atoms with Crippen LogP contribution in [0.5, 0.6) is 0 Å². The van der Waals surface area contributed by atoms with Crippen molar-refractivity contribution in [3.63, 3.8) is 0 Å². The van der Waals surface area contributed by atoms with E-state index in [-0.39, 0.29) is 52.7 Å². The fraction of sp³-hybridized carbons (Fsp3) is 0.559. The standard InChI is InChI=1S/C59H80N16O6/c1-38(60-3)53(76)62-45-25-12-11-24-44-27-28-49(74(44)57(45)80)55(78)64-51(40-18-7-5-8-19-40)47-36-73(70-67-47)32-14-13-23-43-35-72(69-66-43)33-16-15-31-71-37-48(68-71)52(41-20-9-6-10-21-41)65-56(79)50-29-30-59-34-42(59)22-17-26-46(58(81)75(50)59)63-54(77)39(2)61-4/h5-10,18-21,26,35-39,42,44-45,49-52,60-61,71H,11-17,22-25,27-34H2,1-4H3,(H,62,76)(H,63,77)(H,64,78)(H,65,79)/t38-,39-,42-,44-,45-,49-,50-,51-,52-,59?/m0/s1. The van der Waals surface area contributed by atoms with Gasteiger partial charge in [-0.3, -0.25) is 38.1 Å². The summed E-state index contributed by atoms with van der Waals surface area (Å²) in [5, 5.41) is 37.0. The number of carbonyl (C=O) groups excluding carboxylic acids is 6. The van der Waals surface area contributed by atoms with Crippen molar-refractivity contribution in [2.45, 2.75) is 184 Å². The first kappa shape index (κ1) is 57.0. The van der Waals surface area contributed by atoms with Crippen molar-refractivity contribution < 1.29 is 33.8 Å². The van der Waals surface area contributed by atoms with Gasteiger partial charge < -0.3 is 52.1 Å². The van der Waals surface area contributed by atoms with Gasteiger partial charge in [0.05, 0.1) is 48.8 Å². The fourth-order valence-electron chi connectivity index (χ4n) is 12.7. The normalized spacial score (nSPS) is 25.5. The third-order valence-electron chi connectivity index (χ3n) is 17.6. The van der Waals surface area contributed by atoms with Gasteiger partial charge in [0.1, 0.15) is 29.5 Å². The Morgan fingerprint density at radius 2 is 1.40 bits per heavy atom. The number of quaternary nitrogens is 1. The summed E-state index contributed by atoms with van der Waals surface area (Å²) in [6.07, 6.45) is 20.2. The first-order valence-corrected chi connectivity index (χ1v) is 29.4. The highest BCUT2D eigenvalue weighted by Crippen LogP contribution is 2.59. The molecule has 1 saturated carbocycles. The van der Waals surface area contributed by atoms with E-state index < -0.39 is 42.3 Å². The summed E-state index contributed by atoms with van der Waals surface area (Å²) in [7, 11) is 3.41. The number of fused-ring (bicyclic) bond motifs is 1. The minimum absolute atomic E-state index is 0.0556. The highest BCUT2D eigenvalue weighted by atomic mass is 16.2. The molecule has 1 spiro atoms. The minimum atomic E-state index is -0.682. The van der Waals surface area contributed by atoms with Gasteiger partial charge >= 0.3 is 0 Å². The molecule has 7 heterocycles. The lowest BCUT2D eigenvalue weighted by molar-refractivity contribution is -0.822. The molecule has 1 aliphatic carbocycles. The number of amides is 6. The van der Waals surface area contributed by atoms with Crippen LogP contribution >= 0.6 is 0 Å². The van der Waals surface area contributed by atoms with Gasteiger partial charge in [0.25, 0.3) is 5.91 Å². The molecule has 11 atom stereocenters. The molecule has 22 heteroatoms. The number of allylic oxidation sites excluding steroid dienone is 1. The van der Waals surface area contributed by atoms with Crippen LogP contribution in [-0.4, -0.2) is 138 Å².